The van der Waals surface area contributed by atoms with Crippen LogP contribution in [-0.4, -0.2) is 14.5 Å². The third-order valence-electron chi connectivity index (χ3n) is 2.72. The Morgan fingerprint density at radius 3 is 2.53 bits per heavy atom. The molecule has 94 valence electrons. The number of halogens is 2. The van der Waals surface area contributed by atoms with Gasteiger partial charge in [0.25, 0.3) is 5.56 Å². The molecule has 0 bridgehead atoms. The summed E-state index contributed by atoms with van der Waals surface area (Å²) in [6.45, 7) is 0. The second-order valence-electron chi connectivity index (χ2n) is 3.88. The minimum atomic E-state index is -0.826. The molecule has 0 radical (unpaired) electrons. The van der Waals surface area contributed by atoms with Crippen LogP contribution in [0.5, 0.6) is 0 Å². The molecule has 3 aromatic rings. The zero-order chi connectivity index (χ0) is 13.4. The molecule has 0 unspecified atom stereocenters. The molecule has 0 spiro atoms. The molecule has 4 nitrogen and oxygen atoms in total. The molecule has 3 rings (SSSR count). The van der Waals surface area contributed by atoms with Gasteiger partial charge in [0.05, 0.1) is 0 Å². The van der Waals surface area contributed by atoms with Gasteiger partial charge in [-0.25, -0.2) is 18.7 Å². The smallest absolute Gasteiger partial charge is 0.256 e. The number of hydrogen-bond donors (Lipinski definition) is 0. The molecule has 2 heterocycles. The molecule has 0 atom stereocenters. The second kappa shape index (κ2) is 4.24. The van der Waals surface area contributed by atoms with Crippen LogP contribution in [0.15, 0.2) is 47.7 Å². The van der Waals surface area contributed by atoms with Gasteiger partial charge < -0.3 is 0 Å². The van der Waals surface area contributed by atoms with Gasteiger partial charge in [0.1, 0.15) is 23.6 Å². The molecule has 0 saturated heterocycles. The van der Waals surface area contributed by atoms with Crippen LogP contribution in [0.3, 0.4) is 0 Å². The Morgan fingerprint density at radius 2 is 1.79 bits per heavy atom. The maximum Gasteiger partial charge on any atom is 0.256 e. The highest BCUT2D eigenvalue weighted by Gasteiger charge is 2.15. The minimum absolute atomic E-state index is 0.159. The van der Waals surface area contributed by atoms with Crippen LogP contribution in [0.1, 0.15) is 0 Å². The fraction of sp³-hybridized carbons (Fsp3) is 0. The molecule has 0 aliphatic rings. The van der Waals surface area contributed by atoms with Crippen molar-refractivity contribution in [3.8, 4) is 5.69 Å². The minimum Gasteiger partial charge on any atom is -0.269 e. The standard InChI is InChI=1S/C13H7F2N3O/c14-9-2-1-3-10(15)12(9)18-11(19)5-4-8-6-16-7-17-13(8)18/h1-7H. The highest BCUT2D eigenvalue weighted by molar-refractivity contribution is 5.75. The molecule has 2 aromatic heterocycles. The quantitative estimate of drug-likeness (QED) is 0.672. The van der Waals surface area contributed by atoms with Crippen LogP contribution < -0.4 is 5.56 Å². The van der Waals surface area contributed by atoms with Crippen molar-refractivity contribution in [1.82, 2.24) is 14.5 Å². The number of benzene rings is 1. The normalized spacial score (nSPS) is 10.8. The lowest BCUT2D eigenvalue weighted by molar-refractivity contribution is 0.568. The lowest BCUT2D eigenvalue weighted by Crippen LogP contribution is -2.20. The Labute approximate surface area is 106 Å². The molecule has 0 fully saturated rings. The average molecular weight is 259 g/mol. The summed E-state index contributed by atoms with van der Waals surface area (Å²) in [6, 6.07) is 6.14. The summed E-state index contributed by atoms with van der Waals surface area (Å²) in [6.07, 6.45) is 2.69. The zero-order valence-corrected chi connectivity index (χ0v) is 9.55. The molecule has 0 amide bonds. The first-order valence-electron chi connectivity index (χ1n) is 5.44. The van der Waals surface area contributed by atoms with Gasteiger partial charge in [-0.3, -0.25) is 9.36 Å². The number of nitrogens with zero attached hydrogens (tertiary/aromatic N) is 3. The maximum absolute atomic E-state index is 13.8. The molecule has 6 heteroatoms. The molecule has 19 heavy (non-hydrogen) atoms. The second-order valence-corrected chi connectivity index (χ2v) is 3.88. The van der Waals surface area contributed by atoms with Crippen molar-refractivity contribution in [2.24, 2.45) is 0 Å². The number of hydrogen-bond acceptors (Lipinski definition) is 3. The van der Waals surface area contributed by atoms with Gasteiger partial charge in [-0.2, -0.15) is 0 Å². The van der Waals surface area contributed by atoms with Crippen molar-refractivity contribution in [2.45, 2.75) is 0 Å². The third kappa shape index (κ3) is 1.77. The van der Waals surface area contributed by atoms with Crippen LogP contribution in [0, 0.1) is 11.6 Å². The zero-order valence-electron chi connectivity index (χ0n) is 9.55. The van der Waals surface area contributed by atoms with Gasteiger partial charge in [-0.05, 0) is 18.2 Å². The first-order chi connectivity index (χ1) is 9.18. The summed E-state index contributed by atoms with van der Waals surface area (Å²) in [5.74, 6) is -1.65. The highest BCUT2D eigenvalue weighted by atomic mass is 19.1. The molecule has 1 aromatic carbocycles. The Kier molecular flexibility index (Phi) is 2.56. The van der Waals surface area contributed by atoms with E-state index in [2.05, 4.69) is 9.97 Å². The van der Waals surface area contributed by atoms with E-state index in [9.17, 15) is 13.6 Å². The number of para-hydroxylation sites is 1. The molecule has 0 saturated carbocycles. The van der Waals surface area contributed by atoms with Crippen molar-refractivity contribution >= 4 is 11.0 Å². The van der Waals surface area contributed by atoms with E-state index in [4.69, 9.17) is 0 Å². The Hall–Kier alpha value is -2.63. The Morgan fingerprint density at radius 1 is 1.05 bits per heavy atom. The molecular weight excluding hydrogens is 252 g/mol. The first kappa shape index (κ1) is 11.5. The topological polar surface area (TPSA) is 47.8 Å². The fourth-order valence-corrected chi connectivity index (χ4v) is 1.90. The number of fused-ring (bicyclic) bond motifs is 1. The van der Waals surface area contributed by atoms with E-state index in [1.54, 1.807) is 0 Å². The van der Waals surface area contributed by atoms with Gasteiger partial charge in [0.2, 0.25) is 0 Å². The maximum atomic E-state index is 13.8. The van der Waals surface area contributed by atoms with Crippen molar-refractivity contribution in [3.63, 3.8) is 0 Å². The SMILES string of the molecule is O=c1ccc2cncnc2n1-c1c(F)cccc1F. The van der Waals surface area contributed by atoms with E-state index < -0.39 is 22.9 Å². The van der Waals surface area contributed by atoms with Crippen LogP contribution in [0.4, 0.5) is 8.78 Å². The van der Waals surface area contributed by atoms with E-state index >= 15 is 0 Å². The molecular formula is C13H7F2N3O. The van der Waals surface area contributed by atoms with Gasteiger partial charge >= 0.3 is 0 Å². The summed E-state index contributed by atoms with van der Waals surface area (Å²) in [4.78, 5) is 19.6. The predicted octanol–water partition coefficient (Wildman–Crippen LogP) is 2.06. The van der Waals surface area contributed by atoms with Gasteiger partial charge in [0.15, 0.2) is 5.65 Å². The van der Waals surface area contributed by atoms with Crippen LogP contribution >= 0.6 is 0 Å². The number of aromatic nitrogens is 3. The lowest BCUT2D eigenvalue weighted by Gasteiger charge is -2.10. The molecule has 0 aliphatic heterocycles. The van der Waals surface area contributed by atoms with E-state index in [-0.39, 0.29) is 5.65 Å². The predicted molar refractivity (Wildman–Crippen MR) is 65.1 cm³/mol. The van der Waals surface area contributed by atoms with Crippen LogP contribution in [0.2, 0.25) is 0 Å². The summed E-state index contributed by atoms with van der Waals surface area (Å²) in [7, 11) is 0. The van der Waals surface area contributed by atoms with Gasteiger partial charge in [0, 0.05) is 17.6 Å². The largest absolute Gasteiger partial charge is 0.269 e. The van der Waals surface area contributed by atoms with Crippen molar-refractivity contribution in [3.05, 3.63) is 64.8 Å². The lowest BCUT2D eigenvalue weighted by atomic mass is 10.2. The van der Waals surface area contributed by atoms with E-state index in [1.807, 2.05) is 0 Å². The summed E-state index contributed by atoms with van der Waals surface area (Å²) < 4.78 is 28.5. The van der Waals surface area contributed by atoms with E-state index in [0.717, 1.165) is 16.7 Å². The van der Waals surface area contributed by atoms with Crippen molar-refractivity contribution in [1.29, 1.82) is 0 Å². The number of pyridine rings is 1. The first-order valence-corrected chi connectivity index (χ1v) is 5.44. The summed E-state index contributed by atoms with van der Waals surface area (Å²) in [5.41, 5.74) is -0.835. The van der Waals surface area contributed by atoms with Crippen LogP contribution in [0.25, 0.3) is 16.7 Å². The number of rotatable bonds is 1. The molecule has 0 aliphatic carbocycles. The third-order valence-corrected chi connectivity index (χ3v) is 2.72. The summed E-state index contributed by atoms with van der Waals surface area (Å²) in [5, 5.41) is 0.518. The molecule has 0 N–H and O–H groups in total. The van der Waals surface area contributed by atoms with Crippen LogP contribution in [-0.2, 0) is 0 Å². The highest BCUT2D eigenvalue weighted by Crippen LogP contribution is 2.19. The summed E-state index contributed by atoms with van der Waals surface area (Å²) >= 11 is 0. The van der Waals surface area contributed by atoms with Crippen molar-refractivity contribution in [2.75, 3.05) is 0 Å². The van der Waals surface area contributed by atoms with E-state index in [1.165, 1.54) is 30.7 Å². The Balaban J connectivity index is 2.49. The van der Waals surface area contributed by atoms with Crippen molar-refractivity contribution < 1.29 is 8.78 Å². The average Bonchev–Trinajstić information content (AvgIpc) is 2.41. The van der Waals surface area contributed by atoms with E-state index in [0.29, 0.717) is 5.39 Å². The van der Waals surface area contributed by atoms with Gasteiger partial charge in [-0.1, -0.05) is 6.07 Å². The Bertz CT molecular complexity index is 809. The fourth-order valence-electron chi connectivity index (χ4n) is 1.90. The van der Waals surface area contributed by atoms with Gasteiger partial charge in [-0.15, -0.1) is 0 Å². The monoisotopic (exact) mass is 259 g/mol.